The number of hydrogen-bond donors (Lipinski definition) is 3. The van der Waals surface area contributed by atoms with Crippen LogP contribution in [0.2, 0.25) is 5.02 Å². The fourth-order valence-corrected chi connectivity index (χ4v) is 2.34. The van der Waals surface area contributed by atoms with Crippen LogP contribution in [0.25, 0.3) is 0 Å². The summed E-state index contributed by atoms with van der Waals surface area (Å²) in [7, 11) is 0. The van der Waals surface area contributed by atoms with E-state index < -0.39 is 0 Å². The van der Waals surface area contributed by atoms with E-state index in [-0.39, 0.29) is 6.03 Å². The SMILES string of the molecule is Nc1cc(NC(=O)NC2CCCCC2)ccc1Cl. The van der Waals surface area contributed by atoms with Crippen LogP contribution < -0.4 is 16.4 Å². The van der Waals surface area contributed by atoms with Gasteiger partial charge in [0.15, 0.2) is 0 Å². The highest BCUT2D eigenvalue weighted by Crippen LogP contribution is 2.22. The lowest BCUT2D eigenvalue weighted by Crippen LogP contribution is -2.39. The van der Waals surface area contributed by atoms with Crippen molar-refractivity contribution in [2.75, 3.05) is 11.1 Å². The minimum Gasteiger partial charge on any atom is -0.397 e. The molecule has 1 aliphatic carbocycles. The summed E-state index contributed by atoms with van der Waals surface area (Å²) in [4.78, 5) is 11.8. The van der Waals surface area contributed by atoms with Crippen molar-refractivity contribution in [1.29, 1.82) is 0 Å². The molecule has 1 aromatic rings. The molecule has 0 aliphatic heterocycles. The summed E-state index contributed by atoms with van der Waals surface area (Å²) in [5.41, 5.74) is 6.80. The van der Waals surface area contributed by atoms with Gasteiger partial charge in [-0.3, -0.25) is 0 Å². The van der Waals surface area contributed by atoms with E-state index in [0.29, 0.717) is 22.4 Å². The van der Waals surface area contributed by atoms with Gasteiger partial charge in [-0.1, -0.05) is 30.9 Å². The summed E-state index contributed by atoms with van der Waals surface area (Å²) in [6.07, 6.45) is 5.79. The Bertz CT molecular complexity index is 430. The van der Waals surface area contributed by atoms with Crippen LogP contribution in [0.15, 0.2) is 18.2 Å². The first kappa shape index (κ1) is 13.0. The maximum atomic E-state index is 11.8. The largest absolute Gasteiger partial charge is 0.397 e. The number of nitrogens with one attached hydrogen (secondary N) is 2. The molecular formula is C13H18ClN3O. The molecule has 0 atom stereocenters. The summed E-state index contributed by atoms with van der Waals surface area (Å²) in [5.74, 6) is 0. The first-order chi connectivity index (χ1) is 8.65. The predicted molar refractivity (Wildman–Crippen MR) is 74.9 cm³/mol. The maximum Gasteiger partial charge on any atom is 0.319 e. The number of anilines is 2. The first-order valence-electron chi connectivity index (χ1n) is 6.27. The van der Waals surface area contributed by atoms with E-state index in [1.807, 2.05) is 0 Å². The smallest absolute Gasteiger partial charge is 0.319 e. The first-order valence-corrected chi connectivity index (χ1v) is 6.65. The summed E-state index contributed by atoms with van der Waals surface area (Å²) in [6, 6.07) is 5.18. The lowest BCUT2D eigenvalue weighted by molar-refractivity contribution is 0.244. The molecule has 4 N–H and O–H groups in total. The average Bonchev–Trinajstić information content (AvgIpc) is 2.35. The number of amides is 2. The molecule has 98 valence electrons. The topological polar surface area (TPSA) is 67.1 Å². The number of hydrogen-bond acceptors (Lipinski definition) is 2. The predicted octanol–water partition coefficient (Wildman–Crippen LogP) is 3.38. The Balaban J connectivity index is 1.88. The second-order valence-corrected chi connectivity index (χ2v) is 5.08. The van der Waals surface area contributed by atoms with Crippen molar-refractivity contribution in [3.8, 4) is 0 Å². The van der Waals surface area contributed by atoms with Crippen molar-refractivity contribution in [3.63, 3.8) is 0 Å². The highest BCUT2D eigenvalue weighted by Gasteiger charge is 2.15. The minimum absolute atomic E-state index is 0.177. The summed E-state index contributed by atoms with van der Waals surface area (Å²) in [5, 5.41) is 6.24. The Morgan fingerprint density at radius 3 is 2.67 bits per heavy atom. The number of nitrogens with two attached hydrogens (primary N) is 1. The van der Waals surface area contributed by atoms with Crippen LogP contribution in [0, 0.1) is 0 Å². The third kappa shape index (κ3) is 3.53. The van der Waals surface area contributed by atoms with Crippen molar-refractivity contribution in [1.82, 2.24) is 5.32 Å². The van der Waals surface area contributed by atoms with Crippen molar-refractivity contribution in [2.45, 2.75) is 38.1 Å². The average molecular weight is 268 g/mol. The maximum absolute atomic E-state index is 11.8. The van der Waals surface area contributed by atoms with E-state index >= 15 is 0 Å². The zero-order valence-corrected chi connectivity index (χ0v) is 11.0. The van der Waals surface area contributed by atoms with Crippen molar-refractivity contribution in [2.24, 2.45) is 0 Å². The molecule has 2 rings (SSSR count). The van der Waals surface area contributed by atoms with Gasteiger partial charge in [0, 0.05) is 11.7 Å². The van der Waals surface area contributed by atoms with Crippen LogP contribution in [-0.4, -0.2) is 12.1 Å². The lowest BCUT2D eigenvalue weighted by atomic mass is 9.96. The third-order valence-electron chi connectivity index (χ3n) is 3.19. The second-order valence-electron chi connectivity index (χ2n) is 4.67. The number of halogens is 1. The van der Waals surface area contributed by atoms with Crippen LogP contribution in [-0.2, 0) is 0 Å². The van der Waals surface area contributed by atoms with Gasteiger partial charge in [-0.2, -0.15) is 0 Å². The van der Waals surface area contributed by atoms with E-state index in [9.17, 15) is 4.79 Å². The molecule has 2 amide bonds. The third-order valence-corrected chi connectivity index (χ3v) is 3.54. The molecular weight excluding hydrogens is 250 g/mol. The molecule has 1 saturated carbocycles. The molecule has 0 saturated heterocycles. The molecule has 1 aliphatic rings. The molecule has 4 nitrogen and oxygen atoms in total. The molecule has 5 heteroatoms. The number of carbonyl (C=O) groups excluding carboxylic acids is 1. The van der Waals surface area contributed by atoms with Crippen LogP contribution in [0.4, 0.5) is 16.2 Å². The molecule has 0 bridgehead atoms. The number of carbonyl (C=O) groups is 1. The Labute approximate surface area is 112 Å². The zero-order valence-electron chi connectivity index (χ0n) is 10.2. The molecule has 0 unspecified atom stereocenters. The summed E-state index contributed by atoms with van der Waals surface area (Å²) >= 11 is 5.82. The van der Waals surface area contributed by atoms with Crippen LogP contribution >= 0.6 is 11.6 Å². The fourth-order valence-electron chi connectivity index (χ4n) is 2.22. The molecule has 1 aromatic carbocycles. The van der Waals surface area contributed by atoms with E-state index in [2.05, 4.69) is 10.6 Å². The Kier molecular flexibility index (Phi) is 4.31. The molecule has 0 heterocycles. The Morgan fingerprint density at radius 1 is 1.28 bits per heavy atom. The van der Waals surface area contributed by atoms with Gasteiger partial charge in [-0.05, 0) is 31.0 Å². The van der Waals surface area contributed by atoms with E-state index in [0.717, 1.165) is 12.8 Å². The minimum atomic E-state index is -0.177. The Hall–Kier alpha value is -1.42. The lowest BCUT2D eigenvalue weighted by Gasteiger charge is -2.22. The van der Waals surface area contributed by atoms with Crippen LogP contribution in [0.5, 0.6) is 0 Å². The van der Waals surface area contributed by atoms with Gasteiger partial charge >= 0.3 is 6.03 Å². The molecule has 18 heavy (non-hydrogen) atoms. The van der Waals surface area contributed by atoms with Gasteiger partial charge in [0.25, 0.3) is 0 Å². The molecule has 0 spiro atoms. The summed E-state index contributed by atoms with van der Waals surface area (Å²) < 4.78 is 0. The Morgan fingerprint density at radius 2 is 2.00 bits per heavy atom. The van der Waals surface area contributed by atoms with Gasteiger partial charge in [0.1, 0.15) is 0 Å². The van der Waals surface area contributed by atoms with Gasteiger partial charge in [0.05, 0.1) is 10.7 Å². The number of rotatable bonds is 2. The van der Waals surface area contributed by atoms with Crippen molar-refractivity contribution in [3.05, 3.63) is 23.2 Å². The highest BCUT2D eigenvalue weighted by atomic mass is 35.5. The molecule has 0 radical (unpaired) electrons. The van der Waals surface area contributed by atoms with E-state index in [4.69, 9.17) is 17.3 Å². The van der Waals surface area contributed by atoms with Gasteiger partial charge in [-0.15, -0.1) is 0 Å². The normalized spacial score (nSPS) is 16.3. The van der Waals surface area contributed by atoms with Gasteiger partial charge in [-0.25, -0.2) is 4.79 Å². The second kappa shape index (κ2) is 5.96. The van der Waals surface area contributed by atoms with Gasteiger partial charge in [0.2, 0.25) is 0 Å². The van der Waals surface area contributed by atoms with E-state index in [1.54, 1.807) is 18.2 Å². The molecule has 0 aromatic heterocycles. The molecule has 1 fully saturated rings. The van der Waals surface area contributed by atoms with Crippen LogP contribution in [0.3, 0.4) is 0 Å². The van der Waals surface area contributed by atoms with E-state index in [1.165, 1.54) is 19.3 Å². The summed E-state index contributed by atoms with van der Waals surface area (Å²) in [6.45, 7) is 0. The zero-order chi connectivity index (χ0) is 13.0. The quantitative estimate of drug-likeness (QED) is 0.719. The highest BCUT2D eigenvalue weighted by molar-refractivity contribution is 6.33. The van der Waals surface area contributed by atoms with Crippen LogP contribution in [0.1, 0.15) is 32.1 Å². The fraction of sp³-hybridized carbons (Fsp3) is 0.462. The number of nitrogen functional groups attached to an aromatic ring is 1. The number of urea groups is 1. The van der Waals surface area contributed by atoms with Gasteiger partial charge < -0.3 is 16.4 Å². The van der Waals surface area contributed by atoms with Crippen molar-refractivity contribution >= 4 is 29.0 Å². The standard InChI is InChI=1S/C13H18ClN3O/c14-11-7-6-10(8-12(11)15)17-13(18)16-9-4-2-1-3-5-9/h6-9H,1-5,15H2,(H2,16,17,18). The monoisotopic (exact) mass is 267 g/mol. The number of benzene rings is 1. The van der Waals surface area contributed by atoms with Crippen molar-refractivity contribution < 1.29 is 4.79 Å².